The van der Waals surface area contributed by atoms with Gasteiger partial charge >= 0.3 is 5.97 Å². The normalized spacial score (nSPS) is 15.1. The van der Waals surface area contributed by atoms with Gasteiger partial charge in [-0.1, -0.05) is 41.4 Å². The van der Waals surface area contributed by atoms with Crippen LogP contribution in [0.2, 0.25) is 10.0 Å². The lowest BCUT2D eigenvalue weighted by molar-refractivity contribution is -0.142. The van der Waals surface area contributed by atoms with Crippen molar-refractivity contribution in [3.8, 4) is 5.75 Å². The molecule has 0 radical (unpaired) electrons. The smallest absolute Gasteiger partial charge is 0.343 e. The van der Waals surface area contributed by atoms with Crippen molar-refractivity contribution in [1.29, 1.82) is 0 Å². The van der Waals surface area contributed by atoms with Gasteiger partial charge in [-0.3, -0.25) is 14.5 Å². The summed E-state index contributed by atoms with van der Waals surface area (Å²) in [5.41, 5.74) is 1.42. The number of rotatable bonds is 6. The number of esters is 1. The molecule has 0 saturated carbocycles. The molecular weight excluding hydrogens is 437 g/mol. The predicted molar refractivity (Wildman–Crippen MR) is 112 cm³/mol. The molecule has 1 saturated heterocycles. The van der Waals surface area contributed by atoms with Crippen LogP contribution in [0.5, 0.6) is 5.75 Å². The standard InChI is InChI=1S/C20H15Cl2NO5S/c1-27-18(24)11-28-14-5-2-12(3-6-14)9-17-19(25)23(20(26)29-17)10-13-4-7-15(21)16(22)8-13/h2-9H,10-11H2,1H3/b17-9-. The van der Waals surface area contributed by atoms with Crippen LogP contribution in [-0.2, 0) is 20.9 Å². The number of nitrogens with zero attached hydrogens (tertiary/aromatic N) is 1. The highest BCUT2D eigenvalue weighted by atomic mass is 35.5. The summed E-state index contributed by atoms with van der Waals surface area (Å²) in [6.07, 6.45) is 1.63. The molecule has 0 N–H and O–H groups in total. The zero-order valence-corrected chi connectivity index (χ0v) is 17.5. The third-order valence-electron chi connectivity index (χ3n) is 3.96. The van der Waals surface area contributed by atoms with Crippen molar-refractivity contribution in [2.24, 2.45) is 0 Å². The summed E-state index contributed by atoms with van der Waals surface area (Å²) in [4.78, 5) is 37.5. The van der Waals surface area contributed by atoms with Crippen LogP contribution in [0.4, 0.5) is 4.79 Å². The molecule has 2 aromatic rings. The number of carbonyl (C=O) groups is 3. The molecule has 1 heterocycles. The van der Waals surface area contributed by atoms with Crippen LogP contribution >= 0.6 is 35.0 Å². The molecule has 6 nitrogen and oxygen atoms in total. The highest BCUT2D eigenvalue weighted by Crippen LogP contribution is 2.34. The molecule has 2 aromatic carbocycles. The molecule has 0 aromatic heterocycles. The summed E-state index contributed by atoms with van der Waals surface area (Å²) in [6, 6.07) is 11.7. The summed E-state index contributed by atoms with van der Waals surface area (Å²) < 4.78 is 9.78. The second kappa shape index (κ2) is 9.35. The van der Waals surface area contributed by atoms with Crippen LogP contribution in [0.15, 0.2) is 47.4 Å². The number of hydrogen-bond acceptors (Lipinski definition) is 6. The van der Waals surface area contributed by atoms with Gasteiger partial charge in [0.2, 0.25) is 0 Å². The molecule has 0 bridgehead atoms. The van der Waals surface area contributed by atoms with Crippen molar-refractivity contribution < 1.29 is 23.9 Å². The van der Waals surface area contributed by atoms with Gasteiger partial charge in [0.25, 0.3) is 11.1 Å². The summed E-state index contributed by atoms with van der Waals surface area (Å²) >= 11 is 12.8. The molecule has 1 aliphatic rings. The van der Waals surface area contributed by atoms with Crippen molar-refractivity contribution >= 4 is 58.2 Å². The van der Waals surface area contributed by atoms with E-state index in [1.54, 1.807) is 48.5 Å². The van der Waals surface area contributed by atoms with Gasteiger partial charge in [0.05, 0.1) is 28.6 Å². The molecular formula is C20H15Cl2NO5S. The summed E-state index contributed by atoms with van der Waals surface area (Å²) in [6.45, 7) is -0.0807. The van der Waals surface area contributed by atoms with Crippen molar-refractivity contribution in [2.45, 2.75) is 6.54 Å². The van der Waals surface area contributed by atoms with E-state index in [9.17, 15) is 14.4 Å². The lowest BCUT2D eigenvalue weighted by atomic mass is 10.2. The Hall–Kier alpha value is -2.48. The zero-order chi connectivity index (χ0) is 21.0. The van der Waals surface area contributed by atoms with Crippen LogP contribution < -0.4 is 4.74 Å². The minimum atomic E-state index is -0.482. The number of methoxy groups -OCH3 is 1. The number of benzene rings is 2. The molecule has 0 aliphatic carbocycles. The molecule has 0 spiro atoms. The number of ether oxygens (including phenoxy) is 2. The monoisotopic (exact) mass is 451 g/mol. The fourth-order valence-corrected chi connectivity index (χ4v) is 3.63. The number of halogens is 2. The molecule has 3 rings (SSSR count). The zero-order valence-electron chi connectivity index (χ0n) is 15.2. The quantitative estimate of drug-likeness (QED) is 0.464. The maximum Gasteiger partial charge on any atom is 0.343 e. The number of thioether (sulfide) groups is 1. The Bertz CT molecular complexity index is 991. The van der Waals surface area contributed by atoms with E-state index in [1.807, 2.05) is 0 Å². The van der Waals surface area contributed by atoms with E-state index in [2.05, 4.69) is 4.74 Å². The van der Waals surface area contributed by atoms with Crippen LogP contribution in [0.1, 0.15) is 11.1 Å². The summed E-state index contributed by atoms with van der Waals surface area (Å²) in [7, 11) is 1.28. The van der Waals surface area contributed by atoms with Crippen LogP contribution in [0.3, 0.4) is 0 Å². The fraction of sp³-hybridized carbons (Fsp3) is 0.150. The van der Waals surface area contributed by atoms with E-state index in [0.717, 1.165) is 22.2 Å². The Morgan fingerprint density at radius 1 is 1.10 bits per heavy atom. The Kier molecular flexibility index (Phi) is 6.84. The van der Waals surface area contributed by atoms with E-state index < -0.39 is 5.97 Å². The molecule has 0 atom stereocenters. The first kappa shape index (κ1) is 21.2. The van der Waals surface area contributed by atoms with E-state index in [1.165, 1.54) is 7.11 Å². The number of amides is 2. The lowest BCUT2D eigenvalue weighted by Crippen LogP contribution is -2.27. The molecule has 1 aliphatic heterocycles. The van der Waals surface area contributed by atoms with Gasteiger partial charge in [0, 0.05) is 0 Å². The Labute approximate surface area is 181 Å². The Balaban J connectivity index is 1.69. The predicted octanol–water partition coefficient (Wildman–Crippen LogP) is 4.78. The Morgan fingerprint density at radius 3 is 2.48 bits per heavy atom. The first-order chi connectivity index (χ1) is 13.9. The lowest BCUT2D eigenvalue weighted by Gasteiger charge is -2.12. The van der Waals surface area contributed by atoms with Gasteiger partial charge in [-0.2, -0.15) is 0 Å². The third kappa shape index (κ3) is 5.32. The molecule has 2 amide bonds. The molecule has 150 valence electrons. The molecule has 9 heteroatoms. The van der Waals surface area contributed by atoms with Crippen LogP contribution in [0.25, 0.3) is 6.08 Å². The van der Waals surface area contributed by atoms with Gasteiger partial charge in [-0.25, -0.2) is 4.79 Å². The number of imide groups is 1. The number of hydrogen-bond donors (Lipinski definition) is 0. The Morgan fingerprint density at radius 2 is 1.83 bits per heavy atom. The third-order valence-corrected chi connectivity index (χ3v) is 5.61. The van der Waals surface area contributed by atoms with E-state index in [4.69, 9.17) is 27.9 Å². The topological polar surface area (TPSA) is 72.9 Å². The van der Waals surface area contributed by atoms with Crippen LogP contribution in [-0.4, -0.2) is 35.7 Å². The largest absolute Gasteiger partial charge is 0.482 e. The van der Waals surface area contributed by atoms with E-state index in [0.29, 0.717) is 26.3 Å². The van der Waals surface area contributed by atoms with Gasteiger partial charge in [-0.15, -0.1) is 0 Å². The summed E-state index contributed by atoms with van der Waals surface area (Å²) in [5, 5.41) is 0.412. The minimum Gasteiger partial charge on any atom is -0.482 e. The van der Waals surface area contributed by atoms with Gasteiger partial charge in [0.1, 0.15) is 5.75 Å². The summed E-state index contributed by atoms with van der Waals surface area (Å²) in [5.74, 6) is -0.373. The molecule has 1 fully saturated rings. The average molecular weight is 452 g/mol. The highest BCUT2D eigenvalue weighted by Gasteiger charge is 2.35. The van der Waals surface area contributed by atoms with Crippen molar-refractivity contribution in [2.75, 3.05) is 13.7 Å². The average Bonchev–Trinajstić information content (AvgIpc) is 2.97. The van der Waals surface area contributed by atoms with E-state index >= 15 is 0 Å². The van der Waals surface area contributed by atoms with Crippen molar-refractivity contribution in [1.82, 2.24) is 4.90 Å². The van der Waals surface area contributed by atoms with Gasteiger partial charge in [-0.05, 0) is 53.2 Å². The molecule has 29 heavy (non-hydrogen) atoms. The van der Waals surface area contributed by atoms with Crippen molar-refractivity contribution in [3.05, 3.63) is 68.5 Å². The van der Waals surface area contributed by atoms with Crippen LogP contribution in [0, 0.1) is 0 Å². The molecule has 0 unspecified atom stereocenters. The highest BCUT2D eigenvalue weighted by molar-refractivity contribution is 8.18. The first-order valence-electron chi connectivity index (χ1n) is 8.36. The minimum absolute atomic E-state index is 0.110. The maximum atomic E-state index is 12.6. The fourth-order valence-electron chi connectivity index (χ4n) is 2.47. The van der Waals surface area contributed by atoms with E-state index in [-0.39, 0.29) is 24.3 Å². The number of carbonyl (C=O) groups excluding carboxylic acids is 3. The second-order valence-electron chi connectivity index (χ2n) is 5.95. The van der Waals surface area contributed by atoms with Gasteiger partial charge < -0.3 is 9.47 Å². The first-order valence-corrected chi connectivity index (χ1v) is 9.93. The van der Waals surface area contributed by atoms with Crippen molar-refractivity contribution in [3.63, 3.8) is 0 Å². The second-order valence-corrected chi connectivity index (χ2v) is 7.76. The van der Waals surface area contributed by atoms with Gasteiger partial charge in [0.15, 0.2) is 6.61 Å². The maximum absolute atomic E-state index is 12.6. The SMILES string of the molecule is COC(=O)COc1ccc(/C=C2\SC(=O)N(Cc3ccc(Cl)c(Cl)c3)C2=O)cc1.